The van der Waals surface area contributed by atoms with Crippen molar-refractivity contribution in [2.24, 2.45) is 0 Å². The number of terminal acetylenes is 1. The average molecular weight is 503 g/mol. The minimum Gasteiger partial charge on any atom is -0.497 e. The Kier molecular flexibility index (Phi) is 7.55. The number of thioether (sulfide) groups is 1. The third-order valence-electron chi connectivity index (χ3n) is 4.33. The predicted octanol–water partition coefficient (Wildman–Crippen LogP) is 4.47. The van der Waals surface area contributed by atoms with Crippen molar-refractivity contribution in [2.75, 3.05) is 20.3 Å². The quantitative estimate of drug-likeness (QED) is 0.184. The monoisotopic (exact) mass is 502 g/mol. The smallest absolute Gasteiger partial charge is 0.220 e. The molecule has 0 aliphatic heterocycles. The van der Waals surface area contributed by atoms with Crippen LogP contribution >= 0.6 is 27.7 Å². The minimum absolute atomic E-state index is 0.134. The Morgan fingerprint density at radius 2 is 2.03 bits per heavy atom. The van der Waals surface area contributed by atoms with Gasteiger partial charge in [-0.15, -0.1) is 16.6 Å². The van der Waals surface area contributed by atoms with E-state index < -0.39 is 5.25 Å². The van der Waals surface area contributed by atoms with Crippen LogP contribution in [0, 0.1) is 29.4 Å². The molecule has 0 radical (unpaired) electrons. The molecule has 10 heteroatoms. The highest BCUT2D eigenvalue weighted by atomic mass is 79.9. The molecule has 160 valence electrons. The van der Waals surface area contributed by atoms with Crippen LogP contribution in [0.2, 0.25) is 0 Å². The van der Waals surface area contributed by atoms with Gasteiger partial charge in [0.15, 0.2) is 5.16 Å². The van der Waals surface area contributed by atoms with E-state index in [1.54, 1.807) is 25.3 Å². The molecule has 0 aliphatic rings. The lowest BCUT2D eigenvalue weighted by Crippen LogP contribution is -2.11. The standard InChI is InChI=1S/C21H19BrN4O4S/c1-4-11-30-19-10-5-15(12-18(19)22)20(13-25(27)28)31-21-24-23-14(2)26(21)16-6-8-17(29-3)9-7-16/h1,5-10,12,20H,11,13H2,2-3H3/t20-/m1/s1. The number of aromatic nitrogens is 3. The van der Waals surface area contributed by atoms with E-state index in [-0.39, 0.29) is 18.1 Å². The van der Waals surface area contributed by atoms with Crippen LogP contribution in [0.1, 0.15) is 16.6 Å². The highest BCUT2D eigenvalue weighted by Gasteiger charge is 2.24. The minimum atomic E-state index is -0.492. The lowest BCUT2D eigenvalue weighted by molar-refractivity contribution is -0.479. The van der Waals surface area contributed by atoms with Crippen LogP contribution in [0.25, 0.3) is 5.69 Å². The summed E-state index contributed by atoms with van der Waals surface area (Å²) in [4.78, 5) is 11.0. The van der Waals surface area contributed by atoms with Crippen LogP contribution in [0.5, 0.6) is 11.5 Å². The molecule has 2 aromatic carbocycles. The Bertz CT molecular complexity index is 1110. The zero-order valence-electron chi connectivity index (χ0n) is 16.8. The van der Waals surface area contributed by atoms with Crippen LogP contribution in [0.4, 0.5) is 0 Å². The van der Waals surface area contributed by atoms with Crippen LogP contribution in [0.3, 0.4) is 0 Å². The highest BCUT2D eigenvalue weighted by Crippen LogP contribution is 2.38. The number of hydrogen-bond acceptors (Lipinski definition) is 7. The molecule has 1 atom stereocenters. The molecule has 0 saturated heterocycles. The summed E-state index contributed by atoms with van der Waals surface area (Å²) in [5, 5.41) is 19.9. The van der Waals surface area contributed by atoms with Crippen LogP contribution in [0.15, 0.2) is 52.1 Å². The SMILES string of the molecule is C#CCOc1ccc([C@@H](C[N+](=O)[O-])Sc2nnc(C)n2-c2ccc(OC)cc2)cc1Br. The summed E-state index contributed by atoms with van der Waals surface area (Å²) in [5.41, 5.74) is 1.59. The van der Waals surface area contributed by atoms with Gasteiger partial charge in [0.05, 0.1) is 11.6 Å². The number of rotatable bonds is 9. The van der Waals surface area contributed by atoms with Gasteiger partial charge in [0, 0.05) is 10.6 Å². The molecule has 0 fully saturated rings. The summed E-state index contributed by atoms with van der Waals surface area (Å²) in [5.74, 6) is 4.38. The number of nitro groups is 1. The van der Waals surface area contributed by atoms with E-state index in [2.05, 4.69) is 32.0 Å². The maximum absolute atomic E-state index is 11.4. The lowest BCUT2D eigenvalue weighted by atomic mass is 10.1. The van der Waals surface area contributed by atoms with Crippen LogP contribution < -0.4 is 9.47 Å². The molecule has 1 heterocycles. The second kappa shape index (κ2) is 10.3. The first kappa shape index (κ1) is 22.7. The van der Waals surface area contributed by atoms with Crippen molar-refractivity contribution in [2.45, 2.75) is 17.3 Å². The third-order valence-corrected chi connectivity index (χ3v) is 6.13. The first-order valence-corrected chi connectivity index (χ1v) is 10.8. The first-order chi connectivity index (χ1) is 14.9. The fourth-order valence-corrected chi connectivity index (χ4v) is 4.55. The molecular weight excluding hydrogens is 484 g/mol. The van der Waals surface area contributed by atoms with E-state index in [9.17, 15) is 10.1 Å². The van der Waals surface area contributed by atoms with Crippen LogP contribution in [-0.4, -0.2) is 39.9 Å². The molecule has 0 aliphatic carbocycles. The average Bonchev–Trinajstić information content (AvgIpc) is 3.12. The molecule has 8 nitrogen and oxygen atoms in total. The molecule has 31 heavy (non-hydrogen) atoms. The maximum atomic E-state index is 11.4. The van der Waals surface area contributed by atoms with Crippen molar-refractivity contribution in [3.63, 3.8) is 0 Å². The molecule has 3 rings (SSSR count). The van der Waals surface area contributed by atoms with Crippen molar-refractivity contribution < 1.29 is 14.4 Å². The molecule has 0 amide bonds. The molecule has 3 aromatic rings. The summed E-state index contributed by atoms with van der Waals surface area (Å²) in [6, 6.07) is 12.8. The molecule has 0 unspecified atom stereocenters. The number of methoxy groups -OCH3 is 1. The first-order valence-electron chi connectivity index (χ1n) is 9.13. The molecule has 0 N–H and O–H groups in total. The largest absolute Gasteiger partial charge is 0.497 e. The fourth-order valence-electron chi connectivity index (χ4n) is 2.88. The van der Waals surface area contributed by atoms with E-state index in [0.29, 0.717) is 21.2 Å². The zero-order valence-corrected chi connectivity index (χ0v) is 19.2. The molecular formula is C21H19BrN4O4S. The van der Waals surface area contributed by atoms with Gasteiger partial charge in [-0.2, -0.15) is 0 Å². The van der Waals surface area contributed by atoms with Gasteiger partial charge >= 0.3 is 0 Å². The second-order valence-corrected chi connectivity index (χ2v) is 8.39. The predicted molar refractivity (Wildman–Crippen MR) is 122 cm³/mol. The summed E-state index contributed by atoms with van der Waals surface area (Å²) >= 11 is 4.73. The van der Waals surface area contributed by atoms with Gasteiger partial charge in [0.2, 0.25) is 6.54 Å². The molecule has 0 spiro atoms. The van der Waals surface area contributed by atoms with Crippen molar-refractivity contribution in [3.05, 3.63) is 68.4 Å². The Balaban J connectivity index is 1.93. The van der Waals surface area contributed by atoms with Gasteiger partial charge in [0.25, 0.3) is 0 Å². The van der Waals surface area contributed by atoms with Gasteiger partial charge in [-0.1, -0.05) is 23.7 Å². The Labute approximate surface area is 192 Å². The Morgan fingerprint density at radius 3 is 2.65 bits per heavy atom. The summed E-state index contributed by atoms with van der Waals surface area (Å²) in [7, 11) is 1.60. The normalized spacial score (nSPS) is 11.5. The van der Waals surface area contributed by atoms with Gasteiger partial charge in [-0.3, -0.25) is 14.7 Å². The second-order valence-electron chi connectivity index (χ2n) is 6.37. The van der Waals surface area contributed by atoms with E-state index >= 15 is 0 Å². The van der Waals surface area contributed by atoms with Crippen LogP contribution in [-0.2, 0) is 0 Å². The van der Waals surface area contributed by atoms with E-state index in [1.807, 2.05) is 35.8 Å². The molecule has 0 saturated carbocycles. The fraction of sp³-hybridized carbons (Fsp3) is 0.238. The number of halogens is 1. The Hall–Kier alpha value is -3.03. The number of benzene rings is 2. The van der Waals surface area contributed by atoms with Gasteiger partial charge in [-0.25, -0.2) is 0 Å². The van der Waals surface area contributed by atoms with Crippen molar-refractivity contribution in [1.29, 1.82) is 0 Å². The van der Waals surface area contributed by atoms with Gasteiger partial charge in [-0.05, 0) is 64.8 Å². The lowest BCUT2D eigenvalue weighted by Gasteiger charge is -2.16. The van der Waals surface area contributed by atoms with Crippen molar-refractivity contribution in [3.8, 4) is 29.5 Å². The number of hydrogen-bond donors (Lipinski definition) is 0. The highest BCUT2D eigenvalue weighted by molar-refractivity contribution is 9.10. The van der Waals surface area contributed by atoms with Gasteiger partial charge in [0.1, 0.15) is 29.2 Å². The number of nitrogens with zero attached hydrogens (tertiary/aromatic N) is 4. The number of aryl methyl sites for hydroxylation is 1. The summed E-state index contributed by atoms with van der Waals surface area (Å²) in [6.07, 6.45) is 5.23. The number of ether oxygens (including phenoxy) is 2. The summed E-state index contributed by atoms with van der Waals surface area (Å²) in [6.45, 7) is 1.68. The van der Waals surface area contributed by atoms with E-state index in [0.717, 1.165) is 17.0 Å². The zero-order chi connectivity index (χ0) is 22.4. The van der Waals surface area contributed by atoms with E-state index in [1.165, 1.54) is 11.8 Å². The van der Waals surface area contributed by atoms with Crippen molar-refractivity contribution >= 4 is 27.7 Å². The third kappa shape index (κ3) is 5.57. The van der Waals surface area contributed by atoms with E-state index in [4.69, 9.17) is 15.9 Å². The topological polar surface area (TPSA) is 92.3 Å². The molecule has 1 aromatic heterocycles. The Morgan fingerprint density at radius 1 is 1.29 bits per heavy atom. The maximum Gasteiger partial charge on any atom is 0.220 e. The van der Waals surface area contributed by atoms with Gasteiger partial charge < -0.3 is 9.47 Å². The summed E-state index contributed by atoms with van der Waals surface area (Å²) < 4.78 is 13.2. The molecule has 0 bridgehead atoms. The van der Waals surface area contributed by atoms with Crippen molar-refractivity contribution in [1.82, 2.24) is 14.8 Å².